The summed E-state index contributed by atoms with van der Waals surface area (Å²) in [5, 5.41) is 4.59. The summed E-state index contributed by atoms with van der Waals surface area (Å²) >= 11 is 3.11. The van der Waals surface area contributed by atoms with Crippen molar-refractivity contribution in [3.63, 3.8) is 0 Å². The first-order valence-corrected chi connectivity index (χ1v) is 8.03. The van der Waals surface area contributed by atoms with Gasteiger partial charge in [-0.05, 0) is 31.9 Å². The summed E-state index contributed by atoms with van der Waals surface area (Å²) in [6.45, 7) is 4.32. The van der Waals surface area contributed by atoms with E-state index >= 15 is 0 Å². The van der Waals surface area contributed by atoms with Crippen LogP contribution in [0, 0.1) is 0 Å². The first-order valence-electron chi connectivity index (χ1n) is 6.03. The average molecular weight is 287 g/mol. The minimum absolute atomic E-state index is 0.543. The highest BCUT2D eigenvalue weighted by Crippen LogP contribution is 2.34. The molecule has 0 radical (unpaired) electrons. The molecule has 1 aromatic rings. The number of rotatable bonds is 4. The number of nitrogens with two attached hydrogens (primary N) is 1. The van der Waals surface area contributed by atoms with Gasteiger partial charge in [0.05, 0.1) is 4.90 Å². The molecule has 5 nitrogen and oxygen atoms in total. The molecule has 1 atom stereocenters. The van der Waals surface area contributed by atoms with Crippen molar-refractivity contribution < 1.29 is 0 Å². The Bertz CT molecular complexity index is 395. The molecular weight excluding hydrogens is 266 g/mol. The highest BCUT2D eigenvalue weighted by molar-refractivity contribution is 7.99. The normalized spacial score (nSPS) is 22.3. The summed E-state index contributed by atoms with van der Waals surface area (Å²) in [6.07, 6.45) is 2.03. The SMILES string of the molecule is CSc1c(N)nsc1NCC1CN(C)CCN1C. The van der Waals surface area contributed by atoms with Crippen molar-refractivity contribution >= 4 is 34.1 Å². The van der Waals surface area contributed by atoms with Crippen molar-refractivity contribution in [1.82, 2.24) is 14.2 Å². The second-order valence-corrected chi connectivity index (χ2v) is 6.30. The first-order chi connectivity index (χ1) is 8.61. The van der Waals surface area contributed by atoms with Crippen LogP contribution in [0.15, 0.2) is 4.90 Å². The first kappa shape index (κ1) is 13.9. The molecule has 1 unspecified atom stereocenters. The number of hydrogen-bond acceptors (Lipinski definition) is 7. The minimum Gasteiger partial charge on any atom is -0.382 e. The lowest BCUT2D eigenvalue weighted by atomic mass is 10.2. The van der Waals surface area contributed by atoms with Crippen LogP contribution in [-0.4, -0.2) is 66.7 Å². The maximum absolute atomic E-state index is 5.83. The molecule has 0 spiro atoms. The number of thioether (sulfide) groups is 1. The van der Waals surface area contributed by atoms with Gasteiger partial charge in [0.15, 0.2) is 5.82 Å². The van der Waals surface area contributed by atoms with Gasteiger partial charge in [0.1, 0.15) is 5.00 Å². The molecule has 0 aliphatic carbocycles. The third-order valence-electron chi connectivity index (χ3n) is 3.36. The summed E-state index contributed by atoms with van der Waals surface area (Å²) in [6, 6.07) is 0.543. The van der Waals surface area contributed by atoms with Gasteiger partial charge in [-0.15, -0.1) is 11.8 Å². The third-order valence-corrected chi connectivity index (χ3v) is 5.13. The van der Waals surface area contributed by atoms with Gasteiger partial charge >= 0.3 is 0 Å². The van der Waals surface area contributed by atoms with E-state index in [-0.39, 0.29) is 0 Å². The van der Waals surface area contributed by atoms with Crippen LogP contribution in [0.3, 0.4) is 0 Å². The fourth-order valence-electron chi connectivity index (χ4n) is 2.14. The lowest BCUT2D eigenvalue weighted by Gasteiger charge is -2.37. The number of nitrogen functional groups attached to an aromatic ring is 1. The molecule has 2 rings (SSSR count). The highest BCUT2D eigenvalue weighted by atomic mass is 32.2. The lowest BCUT2D eigenvalue weighted by molar-refractivity contribution is 0.122. The molecule has 0 saturated carbocycles. The van der Waals surface area contributed by atoms with E-state index in [4.69, 9.17) is 5.73 Å². The molecular formula is C11H21N5S2. The largest absolute Gasteiger partial charge is 0.382 e. The smallest absolute Gasteiger partial charge is 0.153 e. The number of anilines is 2. The standard InChI is InChI=1S/C11H21N5S2/c1-15-4-5-16(2)8(7-15)6-13-11-9(17-3)10(12)14-18-11/h8,13H,4-7H2,1-3H3,(H2,12,14). The van der Waals surface area contributed by atoms with Crippen LogP contribution in [0.4, 0.5) is 10.8 Å². The summed E-state index contributed by atoms with van der Waals surface area (Å²) in [4.78, 5) is 5.87. The Morgan fingerprint density at radius 1 is 1.50 bits per heavy atom. The molecule has 7 heteroatoms. The van der Waals surface area contributed by atoms with Crippen molar-refractivity contribution in [3.05, 3.63) is 0 Å². The van der Waals surface area contributed by atoms with Crippen LogP contribution in [0.25, 0.3) is 0 Å². The van der Waals surface area contributed by atoms with Crippen molar-refractivity contribution in [1.29, 1.82) is 0 Å². The van der Waals surface area contributed by atoms with Gasteiger partial charge in [-0.1, -0.05) is 0 Å². The maximum Gasteiger partial charge on any atom is 0.153 e. The summed E-state index contributed by atoms with van der Waals surface area (Å²) in [7, 11) is 4.37. The van der Waals surface area contributed by atoms with Gasteiger partial charge in [-0.3, -0.25) is 4.90 Å². The van der Waals surface area contributed by atoms with E-state index in [0.717, 1.165) is 36.1 Å². The minimum atomic E-state index is 0.543. The van der Waals surface area contributed by atoms with Gasteiger partial charge in [-0.25, -0.2) is 0 Å². The molecule has 2 heterocycles. The van der Waals surface area contributed by atoms with Crippen LogP contribution in [0.5, 0.6) is 0 Å². The molecule has 1 aliphatic heterocycles. The molecule has 102 valence electrons. The van der Waals surface area contributed by atoms with Crippen LogP contribution in [0.2, 0.25) is 0 Å². The van der Waals surface area contributed by atoms with Gasteiger partial charge < -0.3 is 16.0 Å². The number of nitrogens with one attached hydrogen (secondary N) is 1. The van der Waals surface area contributed by atoms with Crippen LogP contribution in [0.1, 0.15) is 0 Å². The molecule has 0 bridgehead atoms. The quantitative estimate of drug-likeness (QED) is 0.809. The zero-order chi connectivity index (χ0) is 13.1. The van der Waals surface area contributed by atoms with Crippen molar-refractivity contribution in [2.45, 2.75) is 10.9 Å². The van der Waals surface area contributed by atoms with E-state index in [1.54, 1.807) is 11.8 Å². The molecule has 1 aliphatic rings. The summed E-state index contributed by atoms with van der Waals surface area (Å²) in [5.41, 5.74) is 5.83. The Hall–Kier alpha value is -0.500. The number of likely N-dealkylation sites (N-methyl/N-ethyl adjacent to an activating group) is 2. The molecule has 0 amide bonds. The second kappa shape index (κ2) is 6.10. The fourth-order valence-corrected chi connectivity index (χ4v) is 3.68. The van der Waals surface area contributed by atoms with E-state index in [2.05, 4.69) is 33.6 Å². The number of hydrogen-bond donors (Lipinski definition) is 2. The molecule has 0 aromatic carbocycles. The molecule has 1 fully saturated rings. The Morgan fingerprint density at radius 2 is 2.28 bits per heavy atom. The van der Waals surface area contributed by atoms with Crippen molar-refractivity contribution in [3.8, 4) is 0 Å². The number of nitrogens with zero attached hydrogens (tertiary/aromatic N) is 3. The molecule has 1 aromatic heterocycles. The molecule has 18 heavy (non-hydrogen) atoms. The topological polar surface area (TPSA) is 57.4 Å². The Morgan fingerprint density at radius 3 is 3.00 bits per heavy atom. The van der Waals surface area contributed by atoms with Gasteiger partial charge in [-0.2, -0.15) is 4.37 Å². The summed E-state index contributed by atoms with van der Waals surface area (Å²) in [5.74, 6) is 0.643. The van der Waals surface area contributed by atoms with E-state index in [0.29, 0.717) is 11.9 Å². The monoisotopic (exact) mass is 287 g/mol. The van der Waals surface area contributed by atoms with E-state index < -0.39 is 0 Å². The predicted molar refractivity (Wildman–Crippen MR) is 80.7 cm³/mol. The lowest BCUT2D eigenvalue weighted by Crippen LogP contribution is -2.52. The van der Waals surface area contributed by atoms with Crippen molar-refractivity contribution in [2.24, 2.45) is 0 Å². The van der Waals surface area contributed by atoms with E-state index in [1.807, 2.05) is 6.26 Å². The van der Waals surface area contributed by atoms with E-state index in [1.165, 1.54) is 11.5 Å². The highest BCUT2D eigenvalue weighted by Gasteiger charge is 2.22. The Kier molecular flexibility index (Phi) is 4.71. The Balaban J connectivity index is 1.94. The van der Waals surface area contributed by atoms with Gasteiger partial charge in [0.2, 0.25) is 0 Å². The number of aromatic nitrogens is 1. The second-order valence-electron chi connectivity index (χ2n) is 4.71. The van der Waals surface area contributed by atoms with Crippen molar-refractivity contribution in [2.75, 3.05) is 57.6 Å². The zero-order valence-corrected chi connectivity index (χ0v) is 12.8. The maximum atomic E-state index is 5.83. The summed E-state index contributed by atoms with van der Waals surface area (Å²) < 4.78 is 4.20. The number of piperazine rings is 1. The van der Waals surface area contributed by atoms with Crippen LogP contribution >= 0.6 is 23.3 Å². The Labute approximate surface area is 117 Å². The van der Waals surface area contributed by atoms with Crippen LogP contribution < -0.4 is 11.1 Å². The third kappa shape index (κ3) is 3.09. The molecule has 3 N–H and O–H groups in total. The van der Waals surface area contributed by atoms with Crippen LogP contribution in [-0.2, 0) is 0 Å². The molecule has 1 saturated heterocycles. The van der Waals surface area contributed by atoms with Gasteiger partial charge in [0, 0.05) is 32.2 Å². The van der Waals surface area contributed by atoms with E-state index in [9.17, 15) is 0 Å². The predicted octanol–water partition coefficient (Wildman–Crippen LogP) is 1.10. The van der Waals surface area contributed by atoms with Gasteiger partial charge in [0.25, 0.3) is 0 Å². The zero-order valence-electron chi connectivity index (χ0n) is 11.1. The average Bonchev–Trinajstić information content (AvgIpc) is 2.71. The fraction of sp³-hybridized carbons (Fsp3) is 0.727.